The van der Waals surface area contributed by atoms with Crippen molar-refractivity contribution in [1.29, 1.82) is 0 Å². The lowest BCUT2D eigenvalue weighted by Gasteiger charge is -2.39. The number of anilines is 1. The van der Waals surface area contributed by atoms with Gasteiger partial charge < -0.3 is 19.1 Å². The molecule has 1 aromatic heterocycles. The summed E-state index contributed by atoms with van der Waals surface area (Å²) in [6.45, 7) is 15.6. The standard InChI is InChI=1S/C21H35BN4O3/c1-15(2)26(14-18-10-8-9-11-25(18)16(3)27)19-23-12-17(13-24-19)22-28-20(4,5)21(6,7)29-22/h12-13,15,18H,8-11,14H2,1-7H3/t18-/m1/s1. The van der Waals surface area contributed by atoms with Gasteiger partial charge in [0, 0.05) is 50.0 Å². The summed E-state index contributed by atoms with van der Waals surface area (Å²) in [5.41, 5.74) is 0.0358. The van der Waals surface area contributed by atoms with Gasteiger partial charge in [0.05, 0.1) is 11.2 Å². The van der Waals surface area contributed by atoms with Crippen LogP contribution in [-0.2, 0) is 14.1 Å². The van der Waals surface area contributed by atoms with Gasteiger partial charge in [0.15, 0.2) is 0 Å². The maximum Gasteiger partial charge on any atom is 0.498 e. The monoisotopic (exact) mass is 402 g/mol. The van der Waals surface area contributed by atoms with Crippen LogP contribution in [0.4, 0.5) is 5.95 Å². The van der Waals surface area contributed by atoms with Crippen molar-refractivity contribution < 1.29 is 14.1 Å². The summed E-state index contributed by atoms with van der Waals surface area (Å²) in [4.78, 5) is 25.5. The zero-order chi connectivity index (χ0) is 21.4. The number of hydrogen-bond acceptors (Lipinski definition) is 6. The highest BCUT2D eigenvalue weighted by Crippen LogP contribution is 2.36. The van der Waals surface area contributed by atoms with Crippen molar-refractivity contribution >= 4 is 24.4 Å². The van der Waals surface area contributed by atoms with E-state index >= 15 is 0 Å². The molecule has 2 saturated heterocycles. The van der Waals surface area contributed by atoms with Gasteiger partial charge in [-0.15, -0.1) is 0 Å². The number of hydrogen-bond donors (Lipinski definition) is 0. The van der Waals surface area contributed by atoms with Gasteiger partial charge in [0.1, 0.15) is 0 Å². The van der Waals surface area contributed by atoms with E-state index in [1.807, 2.05) is 32.6 Å². The van der Waals surface area contributed by atoms with Gasteiger partial charge >= 0.3 is 7.12 Å². The molecule has 2 aliphatic heterocycles. The van der Waals surface area contributed by atoms with E-state index in [1.54, 1.807) is 19.3 Å². The third kappa shape index (κ3) is 4.58. The van der Waals surface area contributed by atoms with Crippen molar-refractivity contribution in [3.8, 4) is 0 Å². The topological polar surface area (TPSA) is 67.8 Å². The summed E-state index contributed by atoms with van der Waals surface area (Å²) in [5.74, 6) is 0.824. The summed E-state index contributed by atoms with van der Waals surface area (Å²) in [5, 5.41) is 0. The van der Waals surface area contributed by atoms with E-state index < -0.39 is 18.3 Å². The molecule has 1 atom stereocenters. The summed E-state index contributed by atoms with van der Waals surface area (Å²) >= 11 is 0. The fraction of sp³-hybridized carbons (Fsp3) is 0.762. The molecule has 0 aliphatic carbocycles. The minimum absolute atomic E-state index is 0.149. The fourth-order valence-corrected chi connectivity index (χ4v) is 3.94. The van der Waals surface area contributed by atoms with Gasteiger partial charge in [0.25, 0.3) is 0 Å². The van der Waals surface area contributed by atoms with E-state index in [0.29, 0.717) is 5.95 Å². The Morgan fingerprint density at radius 1 is 1.21 bits per heavy atom. The predicted molar refractivity (Wildman–Crippen MR) is 115 cm³/mol. The molecular formula is C21H35BN4O3. The Labute approximate surface area is 175 Å². The number of likely N-dealkylation sites (tertiary alicyclic amines) is 1. The van der Waals surface area contributed by atoms with E-state index in [4.69, 9.17) is 9.31 Å². The minimum atomic E-state index is -0.465. The number of amides is 1. The van der Waals surface area contributed by atoms with Crippen LogP contribution in [-0.4, -0.2) is 64.3 Å². The fourth-order valence-electron chi connectivity index (χ4n) is 3.94. The Balaban J connectivity index is 1.75. The first-order chi connectivity index (χ1) is 13.5. The lowest BCUT2D eigenvalue weighted by Crippen LogP contribution is -2.50. The summed E-state index contributed by atoms with van der Waals surface area (Å²) in [6, 6.07) is 0.434. The van der Waals surface area contributed by atoms with E-state index in [2.05, 4.69) is 28.7 Å². The number of carbonyl (C=O) groups excluding carboxylic acids is 1. The summed E-state index contributed by atoms with van der Waals surface area (Å²) in [7, 11) is -0.465. The largest absolute Gasteiger partial charge is 0.498 e. The van der Waals surface area contributed by atoms with E-state index in [1.165, 1.54) is 0 Å². The first-order valence-corrected chi connectivity index (χ1v) is 10.7. The molecule has 2 aliphatic rings. The quantitative estimate of drug-likeness (QED) is 0.705. The molecule has 3 rings (SSSR count). The molecule has 0 spiro atoms. The second-order valence-corrected chi connectivity index (χ2v) is 9.51. The zero-order valence-electron chi connectivity index (χ0n) is 18.9. The molecule has 0 radical (unpaired) electrons. The molecule has 0 saturated carbocycles. The van der Waals surface area contributed by atoms with Gasteiger partial charge in [-0.1, -0.05) is 0 Å². The molecule has 1 aromatic rings. The van der Waals surface area contributed by atoms with Crippen molar-refractivity contribution in [1.82, 2.24) is 14.9 Å². The molecule has 0 unspecified atom stereocenters. The van der Waals surface area contributed by atoms with Crippen LogP contribution < -0.4 is 10.4 Å². The Kier molecular flexibility index (Phi) is 6.25. The van der Waals surface area contributed by atoms with Crippen molar-refractivity contribution in [2.24, 2.45) is 0 Å². The number of carbonyl (C=O) groups is 1. The van der Waals surface area contributed by atoms with Crippen molar-refractivity contribution in [2.45, 2.75) is 91.0 Å². The molecule has 160 valence electrons. The molecule has 29 heavy (non-hydrogen) atoms. The second kappa shape index (κ2) is 8.22. The van der Waals surface area contributed by atoms with Gasteiger partial charge in [-0.05, 0) is 60.8 Å². The van der Waals surface area contributed by atoms with Crippen LogP contribution >= 0.6 is 0 Å². The minimum Gasteiger partial charge on any atom is -0.399 e. The summed E-state index contributed by atoms with van der Waals surface area (Å²) < 4.78 is 12.2. The number of piperidine rings is 1. The Bertz CT molecular complexity index is 707. The molecule has 0 N–H and O–H groups in total. The average Bonchev–Trinajstić information content (AvgIpc) is 2.87. The van der Waals surface area contributed by atoms with Crippen LogP contribution in [0.5, 0.6) is 0 Å². The van der Waals surface area contributed by atoms with E-state index in [-0.39, 0.29) is 18.0 Å². The van der Waals surface area contributed by atoms with Gasteiger partial charge in [-0.25, -0.2) is 9.97 Å². The lowest BCUT2D eigenvalue weighted by atomic mass is 9.81. The highest BCUT2D eigenvalue weighted by atomic mass is 16.7. The van der Waals surface area contributed by atoms with Crippen LogP contribution in [0.25, 0.3) is 0 Å². The normalized spacial score (nSPS) is 23.5. The second-order valence-electron chi connectivity index (χ2n) is 9.51. The molecular weight excluding hydrogens is 367 g/mol. The van der Waals surface area contributed by atoms with Crippen LogP contribution in [0, 0.1) is 0 Å². The predicted octanol–water partition coefficient (Wildman–Crippen LogP) is 2.39. The van der Waals surface area contributed by atoms with Crippen molar-refractivity contribution in [2.75, 3.05) is 18.0 Å². The first kappa shape index (κ1) is 22.0. The smallest absolute Gasteiger partial charge is 0.399 e. The number of nitrogens with zero attached hydrogens (tertiary/aromatic N) is 4. The Morgan fingerprint density at radius 3 is 2.31 bits per heavy atom. The van der Waals surface area contributed by atoms with Crippen molar-refractivity contribution in [3.63, 3.8) is 0 Å². The Hall–Kier alpha value is -1.67. The molecule has 0 aromatic carbocycles. The third-order valence-corrected chi connectivity index (χ3v) is 6.50. The first-order valence-electron chi connectivity index (χ1n) is 10.7. The summed E-state index contributed by atoms with van der Waals surface area (Å²) in [6.07, 6.45) is 6.85. The van der Waals surface area contributed by atoms with E-state index in [9.17, 15) is 4.79 Å². The lowest BCUT2D eigenvalue weighted by molar-refractivity contribution is -0.132. The van der Waals surface area contributed by atoms with Crippen LogP contribution in [0.1, 0.15) is 67.7 Å². The third-order valence-electron chi connectivity index (χ3n) is 6.50. The molecule has 7 nitrogen and oxygen atoms in total. The molecule has 1 amide bonds. The Morgan fingerprint density at radius 2 is 1.79 bits per heavy atom. The molecule has 8 heteroatoms. The highest BCUT2D eigenvalue weighted by Gasteiger charge is 2.52. The maximum atomic E-state index is 12.0. The highest BCUT2D eigenvalue weighted by molar-refractivity contribution is 6.61. The van der Waals surface area contributed by atoms with Crippen LogP contribution in [0.2, 0.25) is 0 Å². The zero-order valence-corrected chi connectivity index (χ0v) is 18.9. The van der Waals surface area contributed by atoms with Gasteiger partial charge in [-0.2, -0.15) is 0 Å². The SMILES string of the molecule is CC(=O)N1CCCC[C@@H]1CN(c1ncc(B2OC(C)(C)C(C)(C)O2)cn1)C(C)C. The van der Waals surface area contributed by atoms with Gasteiger partial charge in [0.2, 0.25) is 11.9 Å². The molecule has 2 fully saturated rings. The van der Waals surface area contributed by atoms with Gasteiger partial charge in [-0.3, -0.25) is 4.79 Å². The van der Waals surface area contributed by atoms with Crippen LogP contribution in [0.15, 0.2) is 12.4 Å². The maximum absolute atomic E-state index is 12.0. The van der Waals surface area contributed by atoms with Crippen LogP contribution in [0.3, 0.4) is 0 Å². The van der Waals surface area contributed by atoms with E-state index in [0.717, 1.165) is 37.8 Å². The number of aromatic nitrogens is 2. The molecule has 0 bridgehead atoms. The molecule has 3 heterocycles. The van der Waals surface area contributed by atoms with Crippen molar-refractivity contribution in [3.05, 3.63) is 12.4 Å². The average molecular weight is 402 g/mol. The number of rotatable bonds is 5.